The molecule has 25 heavy (non-hydrogen) atoms. The van der Waals surface area contributed by atoms with E-state index < -0.39 is 0 Å². The highest BCUT2D eigenvalue weighted by molar-refractivity contribution is 5.76. The third-order valence-electron chi connectivity index (χ3n) is 4.20. The van der Waals surface area contributed by atoms with Gasteiger partial charge in [0.25, 0.3) is 0 Å². The van der Waals surface area contributed by atoms with Crippen LogP contribution in [-0.2, 0) is 16.6 Å². The second-order valence-electron chi connectivity index (χ2n) is 7.19. The van der Waals surface area contributed by atoms with E-state index in [1.165, 1.54) is 0 Å². The summed E-state index contributed by atoms with van der Waals surface area (Å²) in [5.74, 6) is 2.17. The Labute approximate surface area is 147 Å². The minimum absolute atomic E-state index is 0.120. The Kier molecular flexibility index (Phi) is 4.96. The van der Waals surface area contributed by atoms with E-state index in [9.17, 15) is 4.79 Å². The van der Waals surface area contributed by atoms with Gasteiger partial charge in [0.15, 0.2) is 5.82 Å². The number of anilines is 1. The van der Waals surface area contributed by atoms with Crippen LogP contribution in [0, 0.1) is 0 Å². The number of rotatable bonds is 4. The van der Waals surface area contributed by atoms with Crippen LogP contribution in [0.4, 0.5) is 5.82 Å². The molecule has 8 nitrogen and oxygen atoms in total. The minimum Gasteiger partial charge on any atom is -0.352 e. The van der Waals surface area contributed by atoms with Gasteiger partial charge >= 0.3 is 0 Å². The van der Waals surface area contributed by atoms with Gasteiger partial charge in [0.05, 0.1) is 6.20 Å². The molecule has 3 heterocycles. The van der Waals surface area contributed by atoms with Crippen LogP contribution in [0.2, 0.25) is 0 Å². The van der Waals surface area contributed by atoms with E-state index in [1.807, 2.05) is 25.7 Å². The van der Waals surface area contributed by atoms with Crippen molar-refractivity contribution in [1.29, 1.82) is 0 Å². The molecule has 0 radical (unpaired) electrons. The summed E-state index contributed by atoms with van der Waals surface area (Å²) < 4.78 is 5.25. The number of hydrogen-bond donors (Lipinski definition) is 0. The fourth-order valence-corrected chi connectivity index (χ4v) is 2.67. The lowest BCUT2D eigenvalue weighted by molar-refractivity contribution is -0.131. The molecule has 1 fully saturated rings. The summed E-state index contributed by atoms with van der Waals surface area (Å²) >= 11 is 0. The van der Waals surface area contributed by atoms with Crippen LogP contribution in [-0.4, -0.2) is 57.1 Å². The molecule has 2 aromatic heterocycles. The highest BCUT2D eigenvalue weighted by Crippen LogP contribution is 2.19. The summed E-state index contributed by atoms with van der Waals surface area (Å²) in [7, 11) is 0. The first-order valence-electron chi connectivity index (χ1n) is 8.55. The predicted molar refractivity (Wildman–Crippen MR) is 92.1 cm³/mol. The Morgan fingerprint density at radius 3 is 2.56 bits per heavy atom. The molecule has 0 N–H and O–H groups in total. The topological polar surface area (TPSA) is 88.3 Å². The molecule has 1 aliphatic heterocycles. The van der Waals surface area contributed by atoms with Gasteiger partial charge in [-0.3, -0.25) is 9.78 Å². The number of carbonyl (C=O) groups excluding carboxylic acids is 1. The van der Waals surface area contributed by atoms with E-state index in [-0.39, 0.29) is 11.3 Å². The Morgan fingerprint density at radius 2 is 1.96 bits per heavy atom. The van der Waals surface area contributed by atoms with Gasteiger partial charge < -0.3 is 14.3 Å². The molecule has 0 saturated carbocycles. The number of hydrogen-bond acceptors (Lipinski definition) is 7. The first-order chi connectivity index (χ1) is 11.9. The highest BCUT2D eigenvalue weighted by Gasteiger charge is 2.24. The SMILES string of the molecule is CC(C)(C)c1noc(CCC(=O)N2CCN(c3cnccn3)CC2)n1. The predicted octanol–water partition coefficient (Wildman–Crippen LogP) is 1.44. The van der Waals surface area contributed by atoms with Crippen molar-refractivity contribution in [3.8, 4) is 0 Å². The molecule has 8 heteroatoms. The fraction of sp³-hybridized carbons (Fsp3) is 0.588. The van der Waals surface area contributed by atoms with Crippen molar-refractivity contribution in [3.05, 3.63) is 30.3 Å². The summed E-state index contributed by atoms with van der Waals surface area (Å²) in [6, 6.07) is 0. The van der Waals surface area contributed by atoms with Gasteiger partial charge in [-0.15, -0.1) is 0 Å². The number of carbonyl (C=O) groups is 1. The molecule has 0 aromatic carbocycles. The molecular weight excluding hydrogens is 320 g/mol. The van der Waals surface area contributed by atoms with E-state index >= 15 is 0 Å². The molecule has 0 atom stereocenters. The summed E-state index contributed by atoms with van der Waals surface area (Å²) in [5.41, 5.74) is -0.150. The molecule has 3 rings (SSSR count). The van der Waals surface area contributed by atoms with E-state index in [0.29, 0.717) is 37.6 Å². The molecule has 0 spiro atoms. The van der Waals surface area contributed by atoms with Crippen molar-refractivity contribution in [2.24, 2.45) is 0 Å². The molecule has 0 bridgehead atoms. The van der Waals surface area contributed by atoms with E-state index in [4.69, 9.17) is 4.52 Å². The van der Waals surface area contributed by atoms with Crippen molar-refractivity contribution < 1.29 is 9.32 Å². The number of amides is 1. The van der Waals surface area contributed by atoms with Crippen LogP contribution in [0.1, 0.15) is 38.9 Å². The van der Waals surface area contributed by atoms with Gasteiger partial charge in [0.1, 0.15) is 5.82 Å². The fourth-order valence-electron chi connectivity index (χ4n) is 2.67. The van der Waals surface area contributed by atoms with Gasteiger partial charge in [0.2, 0.25) is 11.8 Å². The third kappa shape index (κ3) is 4.32. The van der Waals surface area contributed by atoms with Gasteiger partial charge in [-0.25, -0.2) is 4.98 Å². The van der Waals surface area contributed by atoms with Crippen molar-refractivity contribution in [1.82, 2.24) is 25.0 Å². The van der Waals surface area contributed by atoms with Crippen LogP contribution in [0.25, 0.3) is 0 Å². The van der Waals surface area contributed by atoms with Gasteiger partial charge in [-0.05, 0) is 0 Å². The number of aromatic nitrogens is 4. The second-order valence-corrected chi connectivity index (χ2v) is 7.19. The van der Waals surface area contributed by atoms with Crippen molar-refractivity contribution in [2.45, 2.75) is 39.0 Å². The molecule has 2 aromatic rings. The molecule has 134 valence electrons. The van der Waals surface area contributed by atoms with Gasteiger partial charge in [-0.2, -0.15) is 4.98 Å². The molecule has 1 saturated heterocycles. The van der Waals surface area contributed by atoms with Gasteiger partial charge in [-0.1, -0.05) is 25.9 Å². The number of aryl methyl sites for hydroxylation is 1. The summed E-state index contributed by atoms with van der Waals surface area (Å²) in [6.07, 6.45) is 5.96. The van der Waals surface area contributed by atoms with Crippen LogP contribution < -0.4 is 4.90 Å². The Hall–Kier alpha value is -2.51. The number of nitrogens with zero attached hydrogens (tertiary/aromatic N) is 6. The monoisotopic (exact) mass is 344 g/mol. The Balaban J connectivity index is 1.47. The van der Waals surface area contributed by atoms with Crippen molar-refractivity contribution >= 4 is 11.7 Å². The first-order valence-corrected chi connectivity index (χ1v) is 8.55. The maximum atomic E-state index is 12.4. The lowest BCUT2D eigenvalue weighted by Crippen LogP contribution is -2.49. The van der Waals surface area contributed by atoms with E-state index in [1.54, 1.807) is 18.6 Å². The Bertz CT molecular complexity index is 701. The largest absolute Gasteiger partial charge is 0.352 e. The lowest BCUT2D eigenvalue weighted by atomic mass is 9.96. The molecule has 0 unspecified atom stereocenters. The summed E-state index contributed by atoms with van der Waals surface area (Å²) in [4.78, 5) is 29.2. The van der Waals surface area contributed by atoms with E-state index in [2.05, 4.69) is 25.0 Å². The zero-order chi connectivity index (χ0) is 17.9. The normalized spacial score (nSPS) is 15.5. The maximum absolute atomic E-state index is 12.4. The standard InChI is InChI=1S/C17H24N6O2/c1-17(2,3)16-20-14(25-21-16)4-5-15(24)23-10-8-22(9-11-23)13-12-18-6-7-19-13/h6-7,12H,4-5,8-11H2,1-3H3. The molecule has 1 amide bonds. The van der Waals surface area contributed by atoms with Crippen LogP contribution in [0.3, 0.4) is 0 Å². The third-order valence-corrected chi connectivity index (χ3v) is 4.20. The molecule has 1 aliphatic rings. The lowest BCUT2D eigenvalue weighted by Gasteiger charge is -2.35. The Morgan fingerprint density at radius 1 is 1.20 bits per heavy atom. The molecule has 0 aliphatic carbocycles. The average Bonchev–Trinajstić information content (AvgIpc) is 3.10. The highest BCUT2D eigenvalue weighted by atomic mass is 16.5. The zero-order valence-corrected chi connectivity index (χ0v) is 15.0. The average molecular weight is 344 g/mol. The maximum Gasteiger partial charge on any atom is 0.227 e. The smallest absolute Gasteiger partial charge is 0.227 e. The zero-order valence-electron chi connectivity index (χ0n) is 15.0. The number of piperazine rings is 1. The first kappa shape index (κ1) is 17.3. The van der Waals surface area contributed by atoms with E-state index in [0.717, 1.165) is 18.9 Å². The summed E-state index contributed by atoms with van der Waals surface area (Å²) in [6.45, 7) is 8.99. The van der Waals surface area contributed by atoms with Crippen LogP contribution >= 0.6 is 0 Å². The molecular formula is C17H24N6O2. The van der Waals surface area contributed by atoms with Crippen molar-refractivity contribution in [3.63, 3.8) is 0 Å². The second kappa shape index (κ2) is 7.16. The minimum atomic E-state index is -0.150. The van der Waals surface area contributed by atoms with Crippen LogP contribution in [0.15, 0.2) is 23.1 Å². The van der Waals surface area contributed by atoms with Crippen molar-refractivity contribution in [2.75, 3.05) is 31.1 Å². The van der Waals surface area contributed by atoms with Crippen LogP contribution in [0.5, 0.6) is 0 Å². The summed E-state index contributed by atoms with van der Waals surface area (Å²) in [5, 5.41) is 3.99. The van der Waals surface area contributed by atoms with Gasteiger partial charge in [0, 0.05) is 56.8 Å². The quantitative estimate of drug-likeness (QED) is 0.829.